The number of aryl methyl sites for hydroxylation is 1. The van der Waals surface area contributed by atoms with Gasteiger partial charge >= 0.3 is 0 Å². The fourth-order valence-electron chi connectivity index (χ4n) is 3.00. The Balaban J connectivity index is 1.87. The molecule has 2 nitrogen and oxygen atoms in total. The van der Waals surface area contributed by atoms with E-state index in [1.807, 2.05) is 24.3 Å². The van der Waals surface area contributed by atoms with E-state index in [9.17, 15) is 0 Å². The van der Waals surface area contributed by atoms with Crippen molar-refractivity contribution < 1.29 is 9.31 Å². The highest BCUT2D eigenvalue weighted by Crippen LogP contribution is 2.24. The number of hydrogen-bond donors (Lipinski definition) is 0. The molecule has 4 rings (SSSR count). The maximum atomic E-state index is 6.07. The summed E-state index contributed by atoms with van der Waals surface area (Å²) in [6.45, 7) is 2.60. The van der Waals surface area contributed by atoms with Gasteiger partial charge in [0.25, 0.3) is 6.73 Å². The molecule has 1 aliphatic rings. The normalized spacial score (nSPS) is 14.0. The molecule has 0 bridgehead atoms. The van der Waals surface area contributed by atoms with Crippen LogP contribution in [0.5, 0.6) is 0 Å². The fourth-order valence-corrected chi connectivity index (χ4v) is 3.00. The molecule has 3 aromatic carbocycles. The molecular formula is C23H20NO+. The van der Waals surface area contributed by atoms with Gasteiger partial charge in [0.2, 0.25) is 11.4 Å². The van der Waals surface area contributed by atoms with Crippen LogP contribution in [0, 0.1) is 6.92 Å². The Bertz CT molecular complexity index is 923. The van der Waals surface area contributed by atoms with E-state index in [4.69, 9.17) is 4.74 Å². The Labute approximate surface area is 148 Å². The zero-order chi connectivity index (χ0) is 17.1. The minimum Gasteiger partial charge on any atom is -0.435 e. The SMILES string of the molecule is Cc1ccc(C2=[N+](c3ccccc3)COC(c3ccccc3)=C2)cc1. The fraction of sp³-hybridized carbons (Fsp3) is 0.0870. The minimum absolute atomic E-state index is 0.494. The van der Waals surface area contributed by atoms with Gasteiger partial charge in [0.1, 0.15) is 5.76 Å². The molecule has 0 aliphatic carbocycles. The van der Waals surface area contributed by atoms with Gasteiger partial charge in [0, 0.05) is 23.3 Å². The summed E-state index contributed by atoms with van der Waals surface area (Å²) in [7, 11) is 0. The molecule has 0 amide bonds. The number of para-hydroxylation sites is 1. The van der Waals surface area contributed by atoms with Gasteiger partial charge in [-0.1, -0.05) is 66.2 Å². The highest BCUT2D eigenvalue weighted by atomic mass is 16.5. The Kier molecular flexibility index (Phi) is 4.17. The van der Waals surface area contributed by atoms with Crippen molar-refractivity contribution >= 4 is 17.2 Å². The second kappa shape index (κ2) is 6.78. The summed E-state index contributed by atoms with van der Waals surface area (Å²) in [5, 5.41) is 0. The monoisotopic (exact) mass is 326 g/mol. The van der Waals surface area contributed by atoms with E-state index in [1.165, 1.54) is 11.1 Å². The predicted octanol–water partition coefficient (Wildman–Crippen LogP) is 5.16. The molecular weight excluding hydrogens is 306 g/mol. The third-order valence-corrected chi connectivity index (χ3v) is 4.38. The lowest BCUT2D eigenvalue weighted by molar-refractivity contribution is -0.483. The van der Waals surface area contributed by atoms with Crippen LogP contribution in [0.4, 0.5) is 5.69 Å². The largest absolute Gasteiger partial charge is 0.435 e. The molecule has 0 radical (unpaired) electrons. The maximum Gasteiger partial charge on any atom is 0.293 e. The molecule has 0 spiro atoms. The average Bonchev–Trinajstić information content (AvgIpc) is 2.69. The first-order valence-electron chi connectivity index (χ1n) is 8.48. The Morgan fingerprint density at radius 3 is 2.04 bits per heavy atom. The second-order valence-electron chi connectivity index (χ2n) is 6.16. The Hall–Kier alpha value is -3.13. The molecule has 0 atom stereocenters. The molecule has 0 aromatic heterocycles. The molecule has 2 heteroatoms. The molecule has 0 N–H and O–H groups in total. The van der Waals surface area contributed by atoms with E-state index >= 15 is 0 Å². The minimum atomic E-state index is 0.494. The summed E-state index contributed by atoms with van der Waals surface area (Å²) >= 11 is 0. The molecule has 0 saturated heterocycles. The summed E-state index contributed by atoms with van der Waals surface area (Å²) in [6, 6.07) is 29.3. The van der Waals surface area contributed by atoms with E-state index in [1.54, 1.807) is 0 Å². The number of ether oxygens (including phenoxy) is 1. The lowest BCUT2D eigenvalue weighted by Crippen LogP contribution is -2.24. The van der Waals surface area contributed by atoms with Gasteiger partial charge in [-0.2, -0.15) is 4.58 Å². The summed E-state index contributed by atoms with van der Waals surface area (Å²) in [6.07, 6.45) is 2.14. The van der Waals surface area contributed by atoms with E-state index in [0.717, 1.165) is 22.7 Å². The number of allylic oxidation sites excluding steroid dienone is 1. The first-order valence-corrected chi connectivity index (χ1v) is 8.48. The molecule has 1 heterocycles. The van der Waals surface area contributed by atoms with Crippen LogP contribution in [0.3, 0.4) is 0 Å². The molecule has 25 heavy (non-hydrogen) atoms. The quantitative estimate of drug-likeness (QED) is 0.606. The summed E-state index contributed by atoms with van der Waals surface area (Å²) < 4.78 is 8.28. The molecule has 1 aliphatic heterocycles. The standard InChI is InChI=1S/C23H20NO/c1-18-12-14-19(15-13-18)22-16-23(20-8-4-2-5-9-20)25-17-24(22)21-10-6-3-7-11-21/h2-16H,17H2,1H3/q+1. The van der Waals surface area contributed by atoms with Crippen LogP contribution in [0.1, 0.15) is 16.7 Å². The van der Waals surface area contributed by atoms with Crippen LogP contribution >= 0.6 is 0 Å². The molecule has 122 valence electrons. The molecule has 0 saturated carbocycles. The number of nitrogens with zero attached hydrogens (tertiary/aromatic N) is 1. The first kappa shape index (κ1) is 15.4. The molecule has 0 fully saturated rings. The van der Waals surface area contributed by atoms with Gasteiger partial charge in [-0.25, -0.2) is 0 Å². The second-order valence-corrected chi connectivity index (χ2v) is 6.16. The smallest absolute Gasteiger partial charge is 0.293 e. The van der Waals surface area contributed by atoms with Gasteiger partial charge in [0.05, 0.1) is 6.08 Å². The van der Waals surface area contributed by atoms with Gasteiger partial charge in [-0.05, 0) is 19.1 Å². The Morgan fingerprint density at radius 1 is 0.720 bits per heavy atom. The zero-order valence-corrected chi connectivity index (χ0v) is 14.2. The number of benzene rings is 3. The van der Waals surface area contributed by atoms with Gasteiger partial charge < -0.3 is 4.74 Å². The van der Waals surface area contributed by atoms with Crippen LogP contribution in [0.25, 0.3) is 5.76 Å². The Morgan fingerprint density at radius 2 is 1.36 bits per heavy atom. The summed E-state index contributed by atoms with van der Waals surface area (Å²) in [5.74, 6) is 0.906. The van der Waals surface area contributed by atoms with E-state index in [-0.39, 0.29) is 0 Å². The molecule has 0 unspecified atom stereocenters. The highest BCUT2D eigenvalue weighted by molar-refractivity contribution is 6.09. The van der Waals surface area contributed by atoms with Crippen molar-refractivity contribution in [2.75, 3.05) is 6.73 Å². The van der Waals surface area contributed by atoms with Crippen molar-refractivity contribution in [2.24, 2.45) is 0 Å². The lowest BCUT2D eigenvalue weighted by Gasteiger charge is -2.17. The lowest BCUT2D eigenvalue weighted by atomic mass is 10.0. The van der Waals surface area contributed by atoms with Crippen LogP contribution < -0.4 is 0 Å². The van der Waals surface area contributed by atoms with Gasteiger partial charge in [-0.3, -0.25) is 0 Å². The predicted molar refractivity (Wildman–Crippen MR) is 102 cm³/mol. The first-order chi connectivity index (χ1) is 12.3. The van der Waals surface area contributed by atoms with Crippen LogP contribution in [0.15, 0.2) is 91.0 Å². The van der Waals surface area contributed by atoms with Crippen molar-refractivity contribution in [1.29, 1.82) is 0 Å². The number of hydrogen-bond acceptors (Lipinski definition) is 1. The number of rotatable bonds is 3. The van der Waals surface area contributed by atoms with Crippen LogP contribution in [-0.2, 0) is 4.74 Å². The highest BCUT2D eigenvalue weighted by Gasteiger charge is 2.25. The van der Waals surface area contributed by atoms with E-state index in [2.05, 4.69) is 78.2 Å². The van der Waals surface area contributed by atoms with Crippen molar-refractivity contribution in [3.63, 3.8) is 0 Å². The van der Waals surface area contributed by atoms with E-state index < -0.39 is 0 Å². The summed E-state index contributed by atoms with van der Waals surface area (Å²) in [5.41, 5.74) is 5.82. The maximum absolute atomic E-state index is 6.07. The van der Waals surface area contributed by atoms with Crippen LogP contribution in [-0.4, -0.2) is 17.0 Å². The van der Waals surface area contributed by atoms with E-state index in [0.29, 0.717) is 6.73 Å². The van der Waals surface area contributed by atoms with Gasteiger partial charge in [-0.15, -0.1) is 0 Å². The van der Waals surface area contributed by atoms with Crippen molar-refractivity contribution in [3.8, 4) is 0 Å². The third-order valence-electron chi connectivity index (χ3n) is 4.38. The topological polar surface area (TPSA) is 12.2 Å². The van der Waals surface area contributed by atoms with Crippen molar-refractivity contribution in [3.05, 3.63) is 108 Å². The van der Waals surface area contributed by atoms with Crippen molar-refractivity contribution in [2.45, 2.75) is 6.92 Å². The van der Waals surface area contributed by atoms with Gasteiger partial charge in [0.15, 0.2) is 0 Å². The van der Waals surface area contributed by atoms with Crippen molar-refractivity contribution in [1.82, 2.24) is 0 Å². The zero-order valence-electron chi connectivity index (χ0n) is 14.2. The third kappa shape index (κ3) is 3.24. The molecule has 3 aromatic rings. The average molecular weight is 326 g/mol. The summed E-state index contributed by atoms with van der Waals surface area (Å²) in [4.78, 5) is 0. The van der Waals surface area contributed by atoms with Crippen LogP contribution in [0.2, 0.25) is 0 Å².